The van der Waals surface area contributed by atoms with Crippen LogP contribution in [-0.4, -0.2) is 58.8 Å². The van der Waals surface area contributed by atoms with Crippen molar-refractivity contribution >= 4 is 23.2 Å². The molecular weight excluding hydrogens is 554 g/mol. The molecule has 1 aliphatic heterocycles. The van der Waals surface area contributed by atoms with E-state index in [4.69, 9.17) is 9.47 Å². The molecule has 6 rings (SSSR count). The molecule has 2 aromatic heterocycles. The molecule has 220 valence electrons. The Morgan fingerprint density at radius 1 is 0.953 bits per heavy atom. The Morgan fingerprint density at radius 3 is 2.49 bits per heavy atom. The summed E-state index contributed by atoms with van der Waals surface area (Å²) in [5, 5.41) is 10.4. The summed E-state index contributed by atoms with van der Waals surface area (Å²) in [4.78, 5) is 19.5. The monoisotopic (exact) mass is 584 g/mol. The lowest BCUT2D eigenvalue weighted by Crippen LogP contribution is -2.35. The van der Waals surface area contributed by atoms with Crippen molar-refractivity contribution in [2.24, 2.45) is 0 Å². The molecule has 2 N–H and O–H groups in total. The summed E-state index contributed by atoms with van der Waals surface area (Å²) >= 11 is 0. The van der Waals surface area contributed by atoms with Crippen LogP contribution in [0, 0.1) is 11.6 Å². The van der Waals surface area contributed by atoms with Gasteiger partial charge in [0.1, 0.15) is 17.4 Å². The zero-order valence-electron chi connectivity index (χ0n) is 23.5. The van der Waals surface area contributed by atoms with Gasteiger partial charge in [0.2, 0.25) is 5.95 Å². The Kier molecular flexibility index (Phi) is 8.25. The smallest absolute Gasteiger partial charge is 0.254 e. The number of ether oxygens (including phenoxy) is 2. The van der Waals surface area contributed by atoms with E-state index in [1.807, 2.05) is 18.2 Å². The average molecular weight is 585 g/mol. The van der Waals surface area contributed by atoms with Crippen molar-refractivity contribution < 1.29 is 23.0 Å². The maximum absolute atomic E-state index is 15.0. The Morgan fingerprint density at radius 2 is 1.72 bits per heavy atom. The second kappa shape index (κ2) is 12.6. The lowest BCUT2D eigenvalue weighted by atomic mass is 10.0. The maximum Gasteiger partial charge on any atom is 0.254 e. The van der Waals surface area contributed by atoms with Crippen LogP contribution in [-0.2, 0) is 17.8 Å². The zero-order chi connectivity index (χ0) is 29.8. The third kappa shape index (κ3) is 6.63. The van der Waals surface area contributed by atoms with Crippen LogP contribution in [0.5, 0.6) is 5.75 Å². The summed E-state index contributed by atoms with van der Waals surface area (Å²) in [6.07, 6.45) is 1.75. The fraction of sp³-hybridized carbons (Fsp3) is 0.219. The minimum atomic E-state index is -0.653. The molecule has 0 unspecified atom stereocenters. The maximum atomic E-state index is 15.0. The molecule has 0 spiro atoms. The van der Waals surface area contributed by atoms with Crippen LogP contribution >= 0.6 is 0 Å². The summed E-state index contributed by atoms with van der Waals surface area (Å²) < 4.78 is 40.8. The highest BCUT2D eigenvalue weighted by Gasteiger charge is 2.15. The van der Waals surface area contributed by atoms with Crippen LogP contribution in [0.1, 0.15) is 21.5 Å². The highest BCUT2D eigenvalue weighted by atomic mass is 19.1. The second-order valence-corrected chi connectivity index (χ2v) is 10.2. The average Bonchev–Trinajstić information content (AvgIpc) is 3.43. The van der Waals surface area contributed by atoms with Gasteiger partial charge in [-0.2, -0.15) is 4.98 Å². The predicted octanol–water partition coefficient (Wildman–Crippen LogP) is 5.19. The number of rotatable bonds is 9. The SMILES string of the molecule is COc1cc(CN2CCOCC2)ccc1Nc1nc2ccc(-c3ccc(C(=O)NCc4ccc(F)cc4)c(F)c3)cn2n1. The van der Waals surface area contributed by atoms with Gasteiger partial charge in [0.25, 0.3) is 5.91 Å². The van der Waals surface area contributed by atoms with Gasteiger partial charge in [-0.15, -0.1) is 5.10 Å². The molecule has 1 amide bonds. The van der Waals surface area contributed by atoms with Crippen molar-refractivity contribution in [1.82, 2.24) is 24.8 Å². The molecule has 3 aromatic carbocycles. The van der Waals surface area contributed by atoms with E-state index < -0.39 is 11.7 Å². The van der Waals surface area contributed by atoms with Crippen LogP contribution in [0.3, 0.4) is 0 Å². The predicted molar refractivity (Wildman–Crippen MR) is 158 cm³/mol. The summed E-state index contributed by atoms with van der Waals surface area (Å²) in [6.45, 7) is 4.27. The normalized spacial score (nSPS) is 13.7. The Bertz CT molecular complexity index is 1750. The van der Waals surface area contributed by atoms with E-state index in [0.717, 1.165) is 44.1 Å². The van der Waals surface area contributed by atoms with Crippen molar-refractivity contribution in [3.05, 3.63) is 107 Å². The quantitative estimate of drug-likeness (QED) is 0.246. The van der Waals surface area contributed by atoms with E-state index in [2.05, 4.69) is 31.7 Å². The molecule has 9 nitrogen and oxygen atoms in total. The molecule has 1 saturated heterocycles. The van der Waals surface area contributed by atoms with Crippen LogP contribution in [0.15, 0.2) is 79.0 Å². The molecule has 11 heteroatoms. The zero-order valence-corrected chi connectivity index (χ0v) is 23.5. The van der Waals surface area contributed by atoms with Gasteiger partial charge in [-0.05, 0) is 65.2 Å². The van der Waals surface area contributed by atoms with Gasteiger partial charge in [0, 0.05) is 37.9 Å². The van der Waals surface area contributed by atoms with E-state index >= 15 is 0 Å². The van der Waals surface area contributed by atoms with E-state index in [9.17, 15) is 13.6 Å². The molecule has 0 saturated carbocycles. The molecule has 0 radical (unpaired) electrons. The van der Waals surface area contributed by atoms with E-state index in [1.165, 1.54) is 24.3 Å². The molecule has 5 aromatic rings. The van der Waals surface area contributed by atoms with E-state index in [1.54, 1.807) is 42.1 Å². The van der Waals surface area contributed by atoms with Gasteiger partial charge >= 0.3 is 0 Å². The lowest BCUT2D eigenvalue weighted by Gasteiger charge is -2.26. The van der Waals surface area contributed by atoms with Crippen LogP contribution in [0.2, 0.25) is 0 Å². The molecule has 1 fully saturated rings. The van der Waals surface area contributed by atoms with Gasteiger partial charge < -0.3 is 20.1 Å². The number of methoxy groups -OCH3 is 1. The molecule has 1 aliphatic rings. The lowest BCUT2D eigenvalue weighted by molar-refractivity contribution is 0.0342. The first-order valence-electron chi connectivity index (χ1n) is 13.9. The fourth-order valence-corrected chi connectivity index (χ4v) is 4.94. The first kappa shape index (κ1) is 28.3. The van der Waals surface area contributed by atoms with Gasteiger partial charge in [0.15, 0.2) is 5.65 Å². The van der Waals surface area contributed by atoms with Crippen LogP contribution in [0.25, 0.3) is 16.8 Å². The van der Waals surface area contributed by atoms with Crippen LogP contribution < -0.4 is 15.4 Å². The number of morpholine rings is 1. The van der Waals surface area contributed by atoms with Crippen LogP contribution in [0.4, 0.5) is 20.4 Å². The standard InChI is InChI=1S/C32H30F2N6O3/c1-42-29-16-22(19-39-12-14-43-15-13-39)4-10-28(29)36-32-37-30-11-6-24(20-40(30)38-32)23-5-9-26(27(34)17-23)31(41)35-18-21-2-7-25(33)8-3-21/h2-11,16-17,20H,12-15,18-19H2,1H3,(H,35,41)(H,36,38). The van der Waals surface area contributed by atoms with Crippen molar-refractivity contribution in [2.45, 2.75) is 13.1 Å². The molecule has 0 bridgehead atoms. The summed E-state index contributed by atoms with van der Waals surface area (Å²) in [5.41, 5.74) is 4.39. The number of carbonyl (C=O) groups excluding carboxylic acids is 1. The number of pyridine rings is 1. The first-order chi connectivity index (χ1) is 20.9. The second-order valence-electron chi connectivity index (χ2n) is 10.2. The topological polar surface area (TPSA) is 93.0 Å². The highest BCUT2D eigenvalue weighted by molar-refractivity contribution is 5.95. The van der Waals surface area contributed by atoms with Crippen molar-refractivity contribution in [3.63, 3.8) is 0 Å². The Balaban J connectivity index is 1.14. The summed E-state index contributed by atoms with van der Waals surface area (Å²) in [6, 6.07) is 19.8. The number of hydrogen-bond acceptors (Lipinski definition) is 7. The molecule has 43 heavy (non-hydrogen) atoms. The first-order valence-corrected chi connectivity index (χ1v) is 13.9. The minimum Gasteiger partial charge on any atom is -0.495 e. The highest BCUT2D eigenvalue weighted by Crippen LogP contribution is 2.29. The number of carbonyl (C=O) groups is 1. The minimum absolute atomic E-state index is 0.0795. The third-order valence-corrected chi connectivity index (χ3v) is 7.27. The summed E-state index contributed by atoms with van der Waals surface area (Å²) in [7, 11) is 1.63. The Labute approximate surface area is 247 Å². The van der Waals surface area contributed by atoms with E-state index in [-0.39, 0.29) is 17.9 Å². The van der Waals surface area contributed by atoms with Crippen molar-refractivity contribution in [1.29, 1.82) is 0 Å². The summed E-state index contributed by atoms with van der Waals surface area (Å²) in [5.74, 6) is -0.503. The van der Waals surface area contributed by atoms with Gasteiger partial charge in [-0.3, -0.25) is 9.69 Å². The van der Waals surface area contributed by atoms with Gasteiger partial charge in [0.05, 0.1) is 31.6 Å². The molecule has 0 aliphatic carbocycles. The fourth-order valence-electron chi connectivity index (χ4n) is 4.94. The van der Waals surface area contributed by atoms with Crippen molar-refractivity contribution in [2.75, 3.05) is 38.7 Å². The number of halogens is 2. The molecule has 3 heterocycles. The molecular formula is C32H30F2N6O3. The Hall–Kier alpha value is -4.87. The number of nitrogens with one attached hydrogen (secondary N) is 2. The van der Waals surface area contributed by atoms with E-state index in [0.29, 0.717) is 34.0 Å². The number of benzene rings is 3. The molecule has 0 atom stereocenters. The van der Waals surface area contributed by atoms with Gasteiger partial charge in [-0.1, -0.05) is 24.3 Å². The number of fused-ring (bicyclic) bond motifs is 1. The number of nitrogens with zero attached hydrogens (tertiary/aromatic N) is 4. The van der Waals surface area contributed by atoms with Gasteiger partial charge in [-0.25, -0.2) is 13.3 Å². The number of amides is 1. The number of aromatic nitrogens is 3. The largest absolute Gasteiger partial charge is 0.495 e. The third-order valence-electron chi connectivity index (χ3n) is 7.27. The number of hydrogen-bond donors (Lipinski definition) is 2. The number of anilines is 2. The van der Waals surface area contributed by atoms with Crippen molar-refractivity contribution in [3.8, 4) is 16.9 Å².